The normalized spacial score (nSPS) is 15.3. The minimum atomic E-state index is 0.851. The van der Waals surface area contributed by atoms with Crippen LogP contribution in [0.5, 0.6) is 0 Å². The molecule has 104 valence electrons. The standard InChI is InChI=1S/C15H18N4S/c1-8-6-9(2)17-15-11(8)12-13(20-15)14(18-19(12)3)16-7-10-4-5-10/h6,10H,4-5,7H2,1-3H3,(H,16,18). The summed E-state index contributed by atoms with van der Waals surface area (Å²) in [6.07, 6.45) is 2.71. The maximum absolute atomic E-state index is 4.69. The number of aromatic nitrogens is 3. The van der Waals surface area contributed by atoms with E-state index >= 15 is 0 Å². The van der Waals surface area contributed by atoms with Gasteiger partial charge in [-0.2, -0.15) is 5.10 Å². The van der Waals surface area contributed by atoms with Crippen molar-refractivity contribution in [2.24, 2.45) is 13.0 Å². The molecule has 0 bridgehead atoms. The van der Waals surface area contributed by atoms with Gasteiger partial charge in [-0.3, -0.25) is 4.68 Å². The molecule has 20 heavy (non-hydrogen) atoms. The number of hydrogen-bond acceptors (Lipinski definition) is 4. The van der Waals surface area contributed by atoms with Gasteiger partial charge in [-0.1, -0.05) is 0 Å². The summed E-state index contributed by atoms with van der Waals surface area (Å²) in [5, 5.41) is 9.42. The second-order valence-corrected chi connectivity index (χ2v) is 6.84. The first-order valence-electron chi connectivity index (χ1n) is 7.11. The second-order valence-electron chi connectivity index (χ2n) is 5.84. The molecule has 3 heterocycles. The van der Waals surface area contributed by atoms with Crippen LogP contribution >= 0.6 is 11.3 Å². The Morgan fingerprint density at radius 1 is 1.40 bits per heavy atom. The molecular weight excluding hydrogens is 268 g/mol. The van der Waals surface area contributed by atoms with E-state index in [9.17, 15) is 0 Å². The van der Waals surface area contributed by atoms with Crippen molar-refractivity contribution in [3.8, 4) is 0 Å². The average molecular weight is 286 g/mol. The summed E-state index contributed by atoms with van der Waals surface area (Å²) < 4.78 is 3.23. The molecule has 0 spiro atoms. The summed E-state index contributed by atoms with van der Waals surface area (Å²) in [5.41, 5.74) is 3.59. The minimum Gasteiger partial charge on any atom is -0.367 e. The Morgan fingerprint density at radius 3 is 2.95 bits per heavy atom. The molecule has 0 aromatic carbocycles. The Bertz CT molecular complexity index is 810. The van der Waals surface area contributed by atoms with Crippen LogP contribution in [0.1, 0.15) is 24.1 Å². The Balaban J connectivity index is 1.91. The van der Waals surface area contributed by atoms with Crippen LogP contribution in [0.25, 0.3) is 20.4 Å². The SMILES string of the molecule is Cc1cc(C)c2c(n1)sc1c(NCC3CC3)nn(C)c12. The number of fused-ring (bicyclic) bond motifs is 3. The second kappa shape index (κ2) is 4.19. The number of anilines is 1. The zero-order chi connectivity index (χ0) is 13.9. The van der Waals surface area contributed by atoms with E-state index in [1.165, 1.54) is 34.0 Å². The van der Waals surface area contributed by atoms with E-state index in [1.807, 2.05) is 11.7 Å². The monoisotopic (exact) mass is 286 g/mol. The van der Waals surface area contributed by atoms with Gasteiger partial charge in [-0.05, 0) is 44.2 Å². The predicted molar refractivity (Wildman–Crippen MR) is 84.6 cm³/mol. The zero-order valence-electron chi connectivity index (χ0n) is 12.0. The maximum Gasteiger partial charge on any atom is 0.166 e. The van der Waals surface area contributed by atoms with Gasteiger partial charge in [-0.25, -0.2) is 4.98 Å². The molecule has 0 radical (unpaired) electrons. The number of pyridine rings is 1. The highest BCUT2D eigenvalue weighted by atomic mass is 32.1. The first-order chi connectivity index (χ1) is 9.63. The molecule has 4 rings (SSSR count). The molecule has 0 amide bonds. The fraction of sp³-hybridized carbons (Fsp3) is 0.467. The first-order valence-corrected chi connectivity index (χ1v) is 7.92. The van der Waals surface area contributed by atoms with Crippen LogP contribution in [0.3, 0.4) is 0 Å². The van der Waals surface area contributed by atoms with Crippen LogP contribution < -0.4 is 5.32 Å². The van der Waals surface area contributed by atoms with Crippen molar-refractivity contribution in [2.45, 2.75) is 26.7 Å². The summed E-state index contributed by atoms with van der Waals surface area (Å²) in [5.74, 6) is 1.87. The molecule has 3 aromatic heterocycles. The van der Waals surface area contributed by atoms with Crippen molar-refractivity contribution < 1.29 is 0 Å². The molecule has 3 aromatic rings. The summed E-state index contributed by atoms with van der Waals surface area (Å²) >= 11 is 1.75. The van der Waals surface area contributed by atoms with E-state index < -0.39 is 0 Å². The van der Waals surface area contributed by atoms with Gasteiger partial charge in [0.05, 0.1) is 10.2 Å². The third kappa shape index (κ3) is 1.80. The molecule has 1 aliphatic carbocycles. The Labute approximate surface area is 121 Å². The van der Waals surface area contributed by atoms with Gasteiger partial charge < -0.3 is 5.32 Å². The van der Waals surface area contributed by atoms with Gasteiger partial charge in [0.25, 0.3) is 0 Å². The van der Waals surface area contributed by atoms with Crippen LogP contribution in [0.15, 0.2) is 6.07 Å². The first kappa shape index (κ1) is 12.1. The molecule has 5 heteroatoms. The summed E-state index contributed by atoms with van der Waals surface area (Å²) in [6.45, 7) is 5.26. The van der Waals surface area contributed by atoms with Gasteiger partial charge in [0.15, 0.2) is 5.82 Å². The van der Waals surface area contributed by atoms with E-state index in [0.717, 1.165) is 28.8 Å². The number of aryl methyl sites for hydroxylation is 3. The maximum atomic E-state index is 4.69. The predicted octanol–water partition coefficient (Wildman–Crippen LogP) is 3.62. The largest absolute Gasteiger partial charge is 0.367 e. The molecule has 1 N–H and O–H groups in total. The average Bonchev–Trinajstić information content (AvgIpc) is 3.05. The van der Waals surface area contributed by atoms with Crippen LogP contribution in [-0.4, -0.2) is 21.3 Å². The summed E-state index contributed by atoms with van der Waals surface area (Å²) in [6, 6.07) is 2.15. The van der Waals surface area contributed by atoms with Crippen molar-refractivity contribution in [1.29, 1.82) is 0 Å². The molecule has 1 saturated carbocycles. The summed E-state index contributed by atoms with van der Waals surface area (Å²) in [4.78, 5) is 5.81. The van der Waals surface area contributed by atoms with Gasteiger partial charge in [0, 0.05) is 24.7 Å². The zero-order valence-corrected chi connectivity index (χ0v) is 12.8. The lowest BCUT2D eigenvalue weighted by atomic mass is 10.1. The molecule has 0 unspecified atom stereocenters. The molecule has 1 fully saturated rings. The van der Waals surface area contributed by atoms with Crippen molar-refractivity contribution in [3.63, 3.8) is 0 Å². The van der Waals surface area contributed by atoms with Crippen LogP contribution in [0.4, 0.5) is 5.82 Å². The van der Waals surface area contributed by atoms with E-state index in [0.29, 0.717) is 0 Å². The third-order valence-electron chi connectivity index (χ3n) is 4.01. The third-order valence-corrected chi connectivity index (χ3v) is 5.09. The number of thiophene rings is 1. The number of rotatable bonds is 3. The van der Waals surface area contributed by atoms with Gasteiger partial charge in [0.1, 0.15) is 4.83 Å². The quantitative estimate of drug-likeness (QED) is 0.799. The molecule has 0 saturated heterocycles. The van der Waals surface area contributed by atoms with E-state index in [-0.39, 0.29) is 0 Å². The lowest BCUT2D eigenvalue weighted by Gasteiger charge is -2.01. The highest BCUT2D eigenvalue weighted by Gasteiger charge is 2.23. The highest BCUT2D eigenvalue weighted by molar-refractivity contribution is 7.26. The van der Waals surface area contributed by atoms with Crippen molar-refractivity contribution in [3.05, 3.63) is 17.3 Å². The van der Waals surface area contributed by atoms with Crippen molar-refractivity contribution >= 4 is 37.6 Å². The number of nitrogens with zero attached hydrogens (tertiary/aromatic N) is 3. The van der Waals surface area contributed by atoms with Gasteiger partial charge >= 0.3 is 0 Å². The van der Waals surface area contributed by atoms with Crippen LogP contribution in [-0.2, 0) is 7.05 Å². The van der Waals surface area contributed by atoms with Crippen LogP contribution in [0, 0.1) is 19.8 Å². The fourth-order valence-electron chi connectivity index (χ4n) is 2.82. The van der Waals surface area contributed by atoms with Crippen molar-refractivity contribution in [2.75, 3.05) is 11.9 Å². The van der Waals surface area contributed by atoms with Crippen molar-refractivity contribution in [1.82, 2.24) is 14.8 Å². The van der Waals surface area contributed by atoms with E-state index in [2.05, 4.69) is 35.3 Å². The van der Waals surface area contributed by atoms with E-state index in [1.54, 1.807) is 11.3 Å². The minimum absolute atomic E-state index is 0.851. The molecule has 0 aliphatic heterocycles. The Kier molecular flexibility index (Phi) is 2.54. The Hall–Kier alpha value is -1.62. The number of hydrogen-bond donors (Lipinski definition) is 1. The number of nitrogens with one attached hydrogen (secondary N) is 1. The van der Waals surface area contributed by atoms with Crippen LogP contribution in [0.2, 0.25) is 0 Å². The molecule has 0 atom stereocenters. The topological polar surface area (TPSA) is 42.7 Å². The highest BCUT2D eigenvalue weighted by Crippen LogP contribution is 2.39. The fourth-order valence-corrected chi connectivity index (χ4v) is 4.10. The lowest BCUT2D eigenvalue weighted by molar-refractivity contribution is 0.792. The smallest absolute Gasteiger partial charge is 0.166 e. The lowest BCUT2D eigenvalue weighted by Crippen LogP contribution is -2.04. The van der Waals surface area contributed by atoms with Gasteiger partial charge in [-0.15, -0.1) is 11.3 Å². The Morgan fingerprint density at radius 2 is 2.20 bits per heavy atom. The molecular formula is C15H18N4S. The molecule has 1 aliphatic rings. The summed E-state index contributed by atoms with van der Waals surface area (Å²) in [7, 11) is 2.02. The molecule has 4 nitrogen and oxygen atoms in total. The van der Waals surface area contributed by atoms with Gasteiger partial charge in [0.2, 0.25) is 0 Å². The van der Waals surface area contributed by atoms with E-state index in [4.69, 9.17) is 0 Å².